The third kappa shape index (κ3) is 2.86. The Labute approximate surface area is 115 Å². The molecule has 1 saturated carbocycles. The minimum Gasteiger partial charge on any atom is -0.395 e. The third-order valence-corrected chi connectivity index (χ3v) is 3.96. The molecule has 0 atom stereocenters. The maximum absolute atomic E-state index is 9.36. The van der Waals surface area contributed by atoms with Crippen molar-refractivity contribution in [2.75, 3.05) is 23.8 Å². The van der Waals surface area contributed by atoms with E-state index in [1.165, 1.54) is 25.7 Å². The van der Waals surface area contributed by atoms with Crippen molar-refractivity contribution in [2.45, 2.75) is 58.5 Å². The molecule has 5 nitrogen and oxygen atoms in total. The fourth-order valence-electron chi connectivity index (χ4n) is 3.04. The number of nitrogens with two attached hydrogens (primary N) is 1. The van der Waals surface area contributed by atoms with Crippen LogP contribution >= 0.6 is 0 Å². The first-order valence-corrected chi connectivity index (χ1v) is 7.39. The Morgan fingerprint density at radius 1 is 1.42 bits per heavy atom. The normalized spacial score (nSPS) is 16.2. The molecule has 0 spiro atoms. The number of nitrogens with zero attached hydrogens (tertiary/aromatic N) is 3. The molecule has 0 radical (unpaired) electrons. The Kier molecular flexibility index (Phi) is 4.69. The highest BCUT2D eigenvalue weighted by Gasteiger charge is 2.27. The van der Waals surface area contributed by atoms with E-state index < -0.39 is 0 Å². The van der Waals surface area contributed by atoms with Crippen LogP contribution in [0.4, 0.5) is 11.5 Å². The molecule has 1 aromatic heterocycles. The van der Waals surface area contributed by atoms with Crippen molar-refractivity contribution in [1.29, 1.82) is 0 Å². The molecular weight excluding hydrogens is 240 g/mol. The van der Waals surface area contributed by atoms with Crippen molar-refractivity contribution in [1.82, 2.24) is 9.78 Å². The van der Waals surface area contributed by atoms with Crippen LogP contribution in [0.3, 0.4) is 0 Å². The summed E-state index contributed by atoms with van der Waals surface area (Å²) in [6.45, 7) is 5.78. The van der Waals surface area contributed by atoms with E-state index in [0.29, 0.717) is 12.6 Å². The van der Waals surface area contributed by atoms with E-state index in [-0.39, 0.29) is 6.61 Å². The van der Waals surface area contributed by atoms with Crippen LogP contribution in [-0.2, 0) is 6.54 Å². The highest BCUT2D eigenvalue weighted by Crippen LogP contribution is 2.33. The summed E-state index contributed by atoms with van der Waals surface area (Å²) in [5.74, 6) is 1.01. The second-order valence-corrected chi connectivity index (χ2v) is 5.40. The van der Waals surface area contributed by atoms with E-state index >= 15 is 0 Å². The highest BCUT2D eigenvalue weighted by atomic mass is 16.3. The molecule has 1 aliphatic carbocycles. The first-order valence-electron chi connectivity index (χ1n) is 7.39. The molecule has 1 fully saturated rings. The SMILES string of the molecule is CCCn1nc(C)c(N)c1N(CCO)C1CCCC1. The molecule has 0 amide bonds. The smallest absolute Gasteiger partial charge is 0.150 e. The standard InChI is InChI=1S/C14H26N4O/c1-3-8-18-14(13(15)11(2)16-18)17(9-10-19)12-6-4-5-7-12/h12,19H,3-10,15H2,1-2H3. The van der Waals surface area contributed by atoms with E-state index in [2.05, 4.69) is 16.9 Å². The number of anilines is 2. The van der Waals surface area contributed by atoms with Crippen LogP contribution in [0.1, 0.15) is 44.7 Å². The summed E-state index contributed by atoms with van der Waals surface area (Å²) in [5, 5.41) is 13.9. The topological polar surface area (TPSA) is 67.3 Å². The molecular formula is C14H26N4O. The summed E-state index contributed by atoms with van der Waals surface area (Å²) in [6.07, 6.45) is 5.96. The minimum atomic E-state index is 0.159. The van der Waals surface area contributed by atoms with Gasteiger partial charge in [0.25, 0.3) is 0 Å². The van der Waals surface area contributed by atoms with Crippen LogP contribution < -0.4 is 10.6 Å². The van der Waals surface area contributed by atoms with Gasteiger partial charge >= 0.3 is 0 Å². The number of aliphatic hydroxyl groups excluding tert-OH is 1. The number of hydrogen-bond acceptors (Lipinski definition) is 4. The monoisotopic (exact) mass is 266 g/mol. The van der Waals surface area contributed by atoms with Crippen LogP contribution in [0.5, 0.6) is 0 Å². The maximum Gasteiger partial charge on any atom is 0.150 e. The van der Waals surface area contributed by atoms with Crippen LogP contribution in [0, 0.1) is 6.92 Å². The lowest BCUT2D eigenvalue weighted by atomic mass is 10.2. The van der Waals surface area contributed by atoms with Gasteiger partial charge in [-0.1, -0.05) is 19.8 Å². The second kappa shape index (κ2) is 6.28. The first-order chi connectivity index (χ1) is 9.19. The van der Waals surface area contributed by atoms with Crippen molar-refractivity contribution in [3.05, 3.63) is 5.69 Å². The van der Waals surface area contributed by atoms with E-state index in [4.69, 9.17) is 5.73 Å². The molecule has 19 heavy (non-hydrogen) atoms. The summed E-state index contributed by atoms with van der Waals surface area (Å²) in [5.41, 5.74) is 7.89. The van der Waals surface area contributed by atoms with E-state index in [0.717, 1.165) is 30.2 Å². The third-order valence-electron chi connectivity index (χ3n) is 3.96. The van der Waals surface area contributed by atoms with Crippen molar-refractivity contribution < 1.29 is 5.11 Å². The fraction of sp³-hybridized carbons (Fsp3) is 0.786. The van der Waals surface area contributed by atoms with Crippen LogP contribution in [0.25, 0.3) is 0 Å². The Morgan fingerprint density at radius 2 is 2.11 bits per heavy atom. The molecule has 2 rings (SSSR count). The van der Waals surface area contributed by atoms with Gasteiger partial charge in [0.05, 0.1) is 18.0 Å². The van der Waals surface area contributed by atoms with Crippen LogP contribution in [-0.4, -0.2) is 34.1 Å². The van der Waals surface area contributed by atoms with Gasteiger partial charge < -0.3 is 15.7 Å². The number of aryl methyl sites for hydroxylation is 2. The number of rotatable bonds is 6. The van der Waals surface area contributed by atoms with Gasteiger partial charge in [-0.3, -0.25) is 0 Å². The highest BCUT2D eigenvalue weighted by molar-refractivity contribution is 5.66. The molecule has 1 aliphatic rings. The molecule has 108 valence electrons. The Bertz CT molecular complexity index is 410. The molecule has 0 bridgehead atoms. The van der Waals surface area contributed by atoms with Crippen LogP contribution in [0.15, 0.2) is 0 Å². The van der Waals surface area contributed by atoms with Gasteiger partial charge in [-0.2, -0.15) is 5.10 Å². The van der Waals surface area contributed by atoms with Crippen molar-refractivity contribution in [2.24, 2.45) is 0 Å². The van der Waals surface area contributed by atoms with Crippen molar-refractivity contribution in [3.63, 3.8) is 0 Å². The lowest BCUT2D eigenvalue weighted by Gasteiger charge is -2.31. The summed E-state index contributed by atoms with van der Waals surface area (Å²) < 4.78 is 2.01. The van der Waals surface area contributed by atoms with Gasteiger partial charge in [-0.15, -0.1) is 0 Å². The molecule has 1 heterocycles. The summed E-state index contributed by atoms with van der Waals surface area (Å²) in [6, 6.07) is 0.501. The first kappa shape index (κ1) is 14.2. The summed E-state index contributed by atoms with van der Waals surface area (Å²) in [4.78, 5) is 2.28. The van der Waals surface area contributed by atoms with Gasteiger partial charge in [-0.25, -0.2) is 4.68 Å². The molecule has 0 aromatic carbocycles. The average molecular weight is 266 g/mol. The lowest BCUT2D eigenvalue weighted by molar-refractivity contribution is 0.296. The number of nitrogen functional groups attached to an aromatic ring is 1. The molecule has 0 unspecified atom stereocenters. The minimum absolute atomic E-state index is 0.159. The summed E-state index contributed by atoms with van der Waals surface area (Å²) >= 11 is 0. The molecule has 0 aliphatic heterocycles. The van der Waals surface area contributed by atoms with E-state index in [9.17, 15) is 5.11 Å². The van der Waals surface area contributed by atoms with E-state index in [1.807, 2.05) is 11.6 Å². The zero-order chi connectivity index (χ0) is 13.8. The number of aromatic nitrogens is 2. The zero-order valence-corrected chi connectivity index (χ0v) is 12.1. The Morgan fingerprint density at radius 3 is 2.68 bits per heavy atom. The molecule has 1 aromatic rings. The average Bonchev–Trinajstić information content (AvgIpc) is 2.99. The predicted octanol–water partition coefficient (Wildman–Crippen LogP) is 1.93. The Hall–Kier alpha value is -1.23. The summed E-state index contributed by atoms with van der Waals surface area (Å²) in [7, 11) is 0. The molecule has 3 N–H and O–H groups in total. The number of aliphatic hydroxyl groups is 1. The maximum atomic E-state index is 9.36. The van der Waals surface area contributed by atoms with Gasteiger partial charge in [0.1, 0.15) is 0 Å². The Balaban J connectivity index is 2.33. The van der Waals surface area contributed by atoms with Gasteiger partial charge in [0, 0.05) is 19.1 Å². The predicted molar refractivity (Wildman–Crippen MR) is 78.4 cm³/mol. The van der Waals surface area contributed by atoms with Crippen LogP contribution in [0.2, 0.25) is 0 Å². The van der Waals surface area contributed by atoms with E-state index in [1.54, 1.807) is 0 Å². The second-order valence-electron chi connectivity index (χ2n) is 5.40. The van der Waals surface area contributed by atoms with Gasteiger partial charge in [-0.05, 0) is 26.2 Å². The molecule has 5 heteroatoms. The van der Waals surface area contributed by atoms with Gasteiger partial charge in [0.15, 0.2) is 5.82 Å². The molecule has 0 saturated heterocycles. The van der Waals surface area contributed by atoms with Gasteiger partial charge in [0.2, 0.25) is 0 Å². The lowest BCUT2D eigenvalue weighted by Crippen LogP contribution is -2.37. The zero-order valence-electron chi connectivity index (χ0n) is 12.1. The van der Waals surface area contributed by atoms with Crippen molar-refractivity contribution in [3.8, 4) is 0 Å². The fourth-order valence-corrected chi connectivity index (χ4v) is 3.04. The van der Waals surface area contributed by atoms with Crippen molar-refractivity contribution >= 4 is 11.5 Å². The number of hydrogen-bond donors (Lipinski definition) is 2. The quantitative estimate of drug-likeness (QED) is 0.825. The largest absolute Gasteiger partial charge is 0.395 e.